The fourth-order valence-corrected chi connectivity index (χ4v) is 7.85. The van der Waals surface area contributed by atoms with Crippen LogP contribution < -0.4 is 0 Å². The molecule has 0 aromatic heterocycles. The molecule has 0 amide bonds. The first kappa shape index (κ1) is 20.1. The van der Waals surface area contributed by atoms with Crippen molar-refractivity contribution >= 4 is 17.5 Å². The highest BCUT2D eigenvalue weighted by atomic mass is 16.6. The van der Waals surface area contributed by atoms with Crippen molar-refractivity contribution in [3.05, 3.63) is 23.8 Å². The second kappa shape index (κ2) is 5.92. The highest BCUT2D eigenvalue weighted by Gasteiger charge is 2.81. The molecular formula is C24H30O6. The average Bonchev–Trinajstić information content (AvgIpc) is 3.36. The summed E-state index contributed by atoms with van der Waals surface area (Å²) in [5.41, 5.74) is -1.71. The second-order valence-corrected chi connectivity index (χ2v) is 10.5. The minimum atomic E-state index is -1.54. The van der Waals surface area contributed by atoms with Gasteiger partial charge in [-0.2, -0.15) is 0 Å². The maximum atomic E-state index is 13.1. The summed E-state index contributed by atoms with van der Waals surface area (Å²) < 4.78 is 11.4. The molecule has 1 N–H and O–H groups in total. The minimum Gasteiger partial charge on any atom is -0.458 e. The van der Waals surface area contributed by atoms with Gasteiger partial charge in [0, 0.05) is 17.8 Å². The molecule has 5 aliphatic rings. The molecule has 3 saturated carbocycles. The van der Waals surface area contributed by atoms with Crippen LogP contribution in [0.25, 0.3) is 0 Å². The van der Waals surface area contributed by atoms with Gasteiger partial charge in [-0.05, 0) is 62.5 Å². The number of Topliss-reactive ketones (excluding diaryl/α,β-unsaturated/α-hetero) is 1. The monoisotopic (exact) mass is 414 g/mol. The van der Waals surface area contributed by atoms with Gasteiger partial charge in [0.1, 0.15) is 11.2 Å². The van der Waals surface area contributed by atoms with Crippen LogP contribution >= 0.6 is 0 Å². The second-order valence-electron chi connectivity index (χ2n) is 10.5. The molecule has 0 bridgehead atoms. The summed E-state index contributed by atoms with van der Waals surface area (Å²) in [4.78, 5) is 36.3. The minimum absolute atomic E-state index is 0.0371. The van der Waals surface area contributed by atoms with Crippen LogP contribution in [-0.4, -0.2) is 46.6 Å². The number of hydrogen-bond acceptors (Lipinski definition) is 6. The van der Waals surface area contributed by atoms with Crippen molar-refractivity contribution in [1.82, 2.24) is 0 Å². The van der Waals surface area contributed by atoms with E-state index in [2.05, 4.69) is 6.92 Å². The van der Waals surface area contributed by atoms with Crippen molar-refractivity contribution in [2.75, 3.05) is 6.61 Å². The summed E-state index contributed by atoms with van der Waals surface area (Å²) in [5, 5.41) is 11.8. The van der Waals surface area contributed by atoms with Crippen LogP contribution in [0.3, 0.4) is 0 Å². The fourth-order valence-electron chi connectivity index (χ4n) is 7.85. The number of carbonyl (C=O) groups is 3. The van der Waals surface area contributed by atoms with Crippen molar-refractivity contribution < 1.29 is 29.0 Å². The summed E-state index contributed by atoms with van der Waals surface area (Å²) in [5.74, 6) is -0.783. The standard InChI is InChI=1S/C24H30O6/c1-13-9-18-17-6-5-15-10-16(26)7-8-21(15,3)24(17)20(30-24)11-22(18,4)23(13,28)19(27)12-29-14(2)25/h7-8,10,13,17-18,20,28H,5-6,9,11-12H2,1-4H3/t13-,17+,18+,20+,21+,22+,23+,24-/m1/s1. The molecule has 8 atom stereocenters. The largest absolute Gasteiger partial charge is 0.458 e. The molecule has 1 aliphatic heterocycles. The van der Waals surface area contributed by atoms with Crippen molar-refractivity contribution in [3.8, 4) is 0 Å². The third-order valence-corrected chi connectivity index (χ3v) is 9.35. The molecule has 1 heterocycles. The lowest BCUT2D eigenvalue weighted by Crippen LogP contribution is -2.62. The van der Waals surface area contributed by atoms with E-state index in [1.54, 1.807) is 12.2 Å². The summed E-state index contributed by atoms with van der Waals surface area (Å²) >= 11 is 0. The molecule has 1 saturated heterocycles. The molecule has 4 fully saturated rings. The highest BCUT2D eigenvalue weighted by Crippen LogP contribution is 2.76. The van der Waals surface area contributed by atoms with Gasteiger partial charge in [-0.1, -0.05) is 25.5 Å². The number of hydrogen-bond donors (Lipinski definition) is 1. The summed E-state index contributed by atoms with van der Waals surface area (Å²) in [6, 6.07) is 0. The Hall–Kier alpha value is -1.79. The third kappa shape index (κ3) is 2.14. The third-order valence-electron chi connectivity index (χ3n) is 9.35. The topological polar surface area (TPSA) is 93.2 Å². The van der Waals surface area contributed by atoms with Gasteiger partial charge < -0.3 is 14.6 Å². The zero-order valence-corrected chi connectivity index (χ0v) is 18.1. The Morgan fingerprint density at radius 3 is 2.73 bits per heavy atom. The van der Waals surface area contributed by atoms with Crippen molar-refractivity contribution in [2.24, 2.45) is 28.6 Å². The van der Waals surface area contributed by atoms with Gasteiger partial charge in [0.25, 0.3) is 0 Å². The SMILES string of the molecule is CC(=O)OCC(=O)[C@@]1(O)[C@H](C)C[C@H]2[C@@H]3CCC4=CC(=O)C=C[C@]4(C)[C@@]34O[C@H]4C[C@@]21C. The van der Waals surface area contributed by atoms with E-state index in [0.29, 0.717) is 6.42 Å². The first-order valence-electron chi connectivity index (χ1n) is 11.0. The molecule has 0 radical (unpaired) electrons. The lowest BCUT2D eigenvalue weighted by molar-refractivity contribution is -0.170. The lowest BCUT2D eigenvalue weighted by Gasteiger charge is -2.55. The predicted molar refractivity (Wildman–Crippen MR) is 107 cm³/mol. The van der Waals surface area contributed by atoms with Crippen LogP contribution in [0.2, 0.25) is 0 Å². The lowest BCUT2D eigenvalue weighted by atomic mass is 9.46. The molecule has 4 aliphatic carbocycles. The first-order valence-corrected chi connectivity index (χ1v) is 11.0. The zero-order valence-electron chi connectivity index (χ0n) is 18.1. The molecule has 162 valence electrons. The van der Waals surface area contributed by atoms with Crippen LogP contribution in [0.5, 0.6) is 0 Å². The number of rotatable bonds is 3. The molecule has 0 unspecified atom stereocenters. The fraction of sp³-hybridized carbons (Fsp3) is 0.708. The zero-order chi connectivity index (χ0) is 21.7. The molecule has 1 spiro atoms. The van der Waals surface area contributed by atoms with Crippen molar-refractivity contribution in [3.63, 3.8) is 0 Å². The highest BCUT2D eigenvalue weighted by molar-refractivity contribution is 6.01. The van der Waals surface area contributed by atoms with Gasteiger partial charge in [0.05, 0.1) is 6.10 Å². The van der Waals surface area contributed by atoms with Gasteiger partial charge in [0.2, 0.25) is 5.78 Å². The van der Waals surface area contributed by atoms with E-state index in [1.165, 1.54) is 6.92 Å². The van der Waals surface area contributed by atoms with Crippen LogP contribution in [0, 0.1) is 28.6 Å². The Labute approximate surface area is 176 Å². The normalized spacial score (nSPS) is 50.6. The van der Waals surface area contributed by atoms with E-state index >= 15 is 0 Å². The maximum absolute atomic E-state index is 13.1. The Kier molecular flexibility index (Phi) is 3.97. The Bertz CT molecular complexity index is 919. The number of ether oxygens (including phenoxy) is 2. The number of aliphatic hydroxyl groups is 1. The van der Waals surface area contributed by atoms with E-state index in [0.717, 1.165) is 24.8 Å². The van der Waals surface area contributed by atoms with Gasteiger partial charge in [-0.15, -0.1) is 0 Å². The van der Waals surface area contributed by atoms with E-state index in [1.807, 2.05) is 19.9 Å². The van der Waals surface area contributed by atoms with Crippen molar-refractivity contribution in [1.29, 1.82) is 0 Å². The van der Waals surface area contributed by atoms with Gasteiger partial charge in [-0.25, -0.2) is 0 Å². The first-order chi connectivity index (χ1) is 14.0. The summed E-state index contributed by atoms with van der Waals surface area (Å²) in [6.07, 6.45) is 8.43. The average molecular weight is 414 g/mol. The molecular weight excluding hydrogens is 384 g/mol. The van der Waals surface area contributed by atoms with E-state index in [4.69, 9.17) is 9.47 Å². The smallest absolute Gasteiger partial charge is 0.303 e. The molecule has 0 aromatic rings. The molecule has 6 heteroatoms. The Morgan fingerprint density at radius 2 is 2.03 bits per heavy atom. The van der Waals surface area contributed by atoms with Crippen LogP contribution in [-0.2, 0) is 23.9 Å². The molecule has 0 aromatic carbocycles. The van der Waals surface area contributed by atoms with E-state index in [9.17, 15) is 19.5 Å². The van der Waals surface area contributed by atoms with Crippen LogP contribution in [0.4, 0.5) is 0 Å². The number of carbonyl (C=O) groups excluding carboxylic acids is 3. The van der Waals surface area contributed by atoms with Gasteiger partial charge in [-0.3, -0.25) is 14.4 Å². The Morgan fingerprint density at radius 1 is 1.30 bits per heavy atom. The quantitative estimate of drug-likeness (QED) is 0.564. The van der Waals surface area contributed by atoms with Gasteiger partial charge >= 0.3 is 5.97 Å². The molecule has 30 heavy (non-hydrogen) atoms. The number of epoxide rings is 1. The number of fused-ring (bicyclic) bond motifs is 3. The van der Waals surface area contributed by atoms with E-state index < -0.39 is 29.4 Å². The van der Waals surface area contributed by atoms with Gasteiger partial charge in [0.15, 0.2) is 12.4 Å². The molecule has 6 nitrogen and oxygen atoms in total. The summed E-state index contributed by atoms with van der Waals surface area (Å²) in [7, 11) is 0. The van der Waals surface area contributed by atoms with Crippen molar-refractivity contribution in [2.45, 2.75) is 70.7 Å². The molecule has 5 rings (SSSR count). The maximum Gasteiger partial charge on any atom is 0.303 e. The van der Waals surface area contributed by atoms with E-state index in [-0.39, 0.29) is 40.7 Å². The predicted octanol–water partition coefficient (Wildman–Crippen LogP) is 2.53. The number of ketones is 2. The Balaban J connectivity index is 1.52. The number of esters is 1. The van der Waals surface area contributed by atoms with Crippen LogP contribution in [0.1, 0.15) is 53.4 Å². The van der Waals surface area contributed by atoms with Crippen LogP contribution in [0.15, 0.2) is 23.8 Å². The number of allylic oxidation sites excluding steroid dienone is 2. The summed E-state index contributed by atoms with van der Waals surface area (Å²) in [6.45, 7) is 7.00.